The van der Waals surface area contributed by atoms with E-state index in [0.29, 0.717) is 18.5 Å². The van der Waals surface area contributed by atoms with Crippen molar-refractivity contribution in [3.05, 3.63) is 35.9 Å². The maximum Gasteiger partial charge on any atom is 0.286 e. The fourth-order valence-corrected chi connectivity index (χ4v) is 0.926. The van der Waals surface area contributed by atoms with Crippen LogP contribution in [0.25, 0.3) is 0 Å². The van der Waals surface area contributed by atoms with Gasteiger partial charge in [0.15, 0.2) is 0 Å². The Kier molecular flexibility index (Phi) is 5.01. The van der Waals surface area contributed by atoms with Gasteiger partial charge in [-0.3, -0.25) is 4.79 Å². The average Bonchev–Trinajstić information content (AvgIpc) is 2.30. The largest absolute Gasteiger partial charge is 0.396 e. The van der Waals surface area contributed by atoms with Gasteiger partial charge in [-0.05, 0) is 18.6 Å². The second kappa shape index (κ2) is 6.65. The molecule has 1 amide bonds. The Bertz CT molecular complexity index is 367. The van der Waals surface area contributed by atoms with Gasteiger partial charge < -0.3 is 5.11 Å². The van der Waals surface area contributed by atoms with Gasteiger partial charge in [-0.25, -0.2) is 4.99 Å². The number of aliphatic hydroxyl groups is 1. The lowest BCUT2D eigenvalue weighted by atomic mass is 10.2. The predicted octanol–water partition coefficient (Wildman–Crippen LogP) is 1.38. The number of hydrogen-bond donors (Lipinski definition) is 1. The molecule has 1 aromatic carbocycles. The second-order valence-electron chi connectivity index (χ2n) is 2.84. The molecule has 0 fully saturated rings. The fraction of sp³-hybridized carbons (Fsp3) is 0.273. The van der Waals surface area contributed by atoms with Crippen LogP contribution >= 0.6 is 0 Å². The Hall–Kier alpha value is -1.77. The van der Waals surface area contributed by atoms with Gasteiger partial charge in [-0.15, -0.1) is 4.99 Å². The summed E-state index contributed by atoms with van der Waals surface area (Å²) in [6.07, 6.45) is 0.558. The molecular weight excluding hydrogens is 192 g/mol. The standard InChI is InChI=1S/C11H12N2O2/c14-8-4-7-12-9-13-11(15)10-5-2-1-3-6-10/h1-3,5-6,14H,4,7-8H2. The van der Waals surface area contributed by atoms with E-state index in [2.05, 4.69) is 16.0 Å². The summed E-state index contributed by atoms with van der Waals surface area (Å²) >= 11 is 0. The topological polar surface area (TPSA) is 62.0 Å². The summed E-state index contributed by atoms with van der Waals surface area (Å²) in [6, 6.07) is 11.0. The van der Waals surface area contributed by atoms with Gasteiger partial charge in [-0.2, -0.15) is 0 Å². The van der Waals surface area contributed by atoms with E-state index in [1.54, 1.807) is 24.3 Å². The highest BCUT2D eigenvalue weighted by Gasteiger charge is 1.99. The molecule has 0 heterocycles. The van der Waals surface area contributed by atoms with Gasteiger partial charge in [0.25, 0.3) is 5.91 Å². The van der Waals surface area contributed by atoms with Crippen LogP contribution in [0.3, 0.4) is 0 Å². The summed E-state index contributed by atoms with van der Waals surface area (Å²) in [5.41, 5.74) is 0.516. The van der Waals surface area contributed by atoms with E-state index >= 15 is 0 Å². The number of aliphatic hydroxyl groups excluding tert-OH is 1. The molecule has 0 saturated carbocycles. The van der Waals surface area contributed by atoms with Gasteiger partial charge in [0.2, 0.25) is 0 Å². The Morgan fingerprint density at radius 1 is 1.33 bits per heavy atom. The molecule has 0 aliphatic heterocycles. The highest BCUT2D eigenvalue weighted by Crippen LogP contribution is 1.99. The molecule has 78 valence electrons. The Morgan fingerprint density at radius 3 is 2.73 bits per heavy atom. The van der Waals surface area contributed by atoms with Crippen molar-refractivity contribution >= 4 is 11.9 Å². The minimum atomic E-state index is -0.358. The minimum Gasteiger partial charge on any atom is -0.396 e. The number of hydrogen-bond acceptors (Lipinski definition) is 3. The van der Waals surface area contributed by atoms with Gasteiger partial charge >= 0.3 is 0 Å². The first-order chi connectivity index (χ1) is 7.34. The molecule has 0 spiro atoms. The lowest BCUT2D eigenvalue weighted by Gasteiger charge is -1.90. The van der Waals surface area contributed by atoms with Crippen molar-refractivity contribution in [2.24, 2.45) is 9.98 Å². The summed E-state index contributed by atoms with van der Waals surface area (Å²) in [5.74, 6) is -0.358. The maximum atomic E-state index is 11.3. The number of nitrogens with zero attached hydrogens (tertiary/aromatic N) is 2. The molecule has 0 saturated heterocycles. The van der Waals surface area contributed by atoms with E-state index in [4.69, 9.17) is 5.11 Å². The molecule has 4 nitrogen and oxygen atoms in total. The smallest absolute Gasteiger partial charge is 0.286 e. The van der Waals surface area contributed by atoms with Crippen LogP contribution in [0.5, 0.6) is 0 Å². The zero-order chi connectivity index (χ0) is 10.9. The third kappa shape index (κ3) is 4.31. The van der Waals surface area contributed by atoms with Crippen LogP contribution < -0.4 is 0 Å². The first-order valence-corrected chi connectivity index (χ1v) is 4.67. The SMILES string of the molecule is O=C(N=C=NCCCO)c1ccccc1. The third-order valence-electron chi connectivity index (χ3n) is 1.67. The van der Waals surface area contributed by atoms with Gasteiger partial charge in [-0.1, -0.05) is 18.2 Å². The highest BCUT2D eigenvalue weighted by atomic mass is 16.3. The van der Waals surface area contributed by atoms with Crippen molar-refractivity contribution < 1.29 is 9.90 Å². The number of amides is 1. The molecule has 1 aromatic rings. The lowest BCUT2D eigenvalue weighted by Crippen LogP contribution is -1.93. The monoisotopic (exact) mass is 204 g/mol. The summed E-state index contributed by atoms with van der Waals surface area (Å²) in [5, 5.41) is 8.47. The third-order valence-corrected chi connectivity index (χ3v) is 1.67. The van der Waals surface area contributed by atoms with Crippen LogP contribution in [-0.2, 0) is 0 Å². The van der Waals surface area contributed by atoms with E-state index in [1.807, 2.05) is 6.07 Å². The molecule has 0 radical (unpaired) electrons. The molecule has 15 heavy (non-hydrogen) atoms. The molecule has 0 unspecified atom stereocenters. The highest BCUT2D eigenvalue weighted by molar-refractivity contribution is 5.97. The van der Waals surface area contributed by atoms with Crippen molar-refractivity contribution in [2.75, 3.05) is 13.2 Å². The van der Waals surface area contributed by atoms with Gasteiger partial charge in [0.1, 0.15) is 0 Å². The van der Waals surface area contributed by atoms with Crippen molar-refractivity contribution in [3.8, 4) is 0 Å². The van der Waals surface area contributed by atoms with Crippen LogP contribution in [0, 0.1) is 0 Å². The average molecular weight is 204 g/mol. The molecule has 4 heteroatoms. The Balaban J connectivity index is 2.53. The molecule has 1 N–H and O–H groups in total. The lowest BCUT2D eigenvalue weighted by molar-refractivity contribution is 0.100. The number of carbonyl (C=O) groups excluding carboxylic acids is 1. The molecule has 1 rings (SSSR count). The molecule has 0 atom stereocenters. The quantitative estimate of drug-likeness (QED) is 0.595. The van der Waals surface area contributed by atoms with Crippen LogP contribution in [0.4, 0.5) is 0 Å². The number of carbonyl (C=O) groups is 1. The van der Waals surface area contributed by atoms with Crippen LogP contribution in [0.1, 0.15) is 16.8 Å². The van der Waals surface area contributed by atoms with E-state index in [0.717, 1.165) is 0 Å². The van der Waals surface area contributed by atoms with E-state index in [9.17, 15) is 4.79 Å². The molecule has 0 aliphatic rings. The fourth-order valence-electron chi connectivity index (χ4n) is 0.926. The normalized spacial score (nSPS) is 9.13. The Labute approximate surface area is 88.0 Å². The molecular formula is C11H12N2O2. The maximum absolute atomic E-state index is 11.3. The summed E-state index contributed by atoms with van der Waals surface area (Å²) in [6.45, 7) is 0.514. The van der Waals surface area contributed by atoms with Crippen LogP contribution in [0.15, 0.2) is 40.3 Å². The first kappa shape index (κ1) is 11.3. The minimum absolute atomic E-state index is 0.0812. The number of aliphatic imine (C=N–C) groups is 2. The van der Waals surface area contributed by atoms with Crippen molar-refractivity contribution in [3.63, 3.8) is 0 Å². The zero-order valence-electron chi connectivity index (χ0n) is 8.26. The molecule has 0 aliphatic carbocycles. The van der Waals surface area contributed by atoms with Gasteiger partial charge in [0, 0.05) is 12.2 Å². The molecule has 0 aromatic heterocycles. The van der Waals surface area contributed by atoms with Crippen LogP contribution in [-0.4, -0.2) is 30.2 Å². The zero-order valence-corrected chi connectivity index (χ0v) is 8.26. The second-order valence-corrected chi connectivity index (χ2v) is 2.84. The van der Waals surface area contributed by atoms with Crippen molar-refractivity contribution in [1.29, 1.82) is 0 Å². The van der Waals surface area contributed by atoms with E-state index in [1.165, 1.54) is 0 Å². The number of rotatable bonds is 4. The number of benzene rings is 1. The van der Waals surface area contributed by atoms with Gasteiger partial charge in [0.05, 0.1) is 12.6 Å². The Morgan fingerprint density at radius 2 is 2.07 bits per heavy atom. The molecule has 0 bridgehead atoms. The summed E-state index contributed by atoms with van der Waals surface area (Å²) in [4.78, 5) is 18.6. The van der Waals surface area contributed by atoms with Crippen molar-refractivity contribution in [1.82, 2.24) is 0 Å². The predicted molar refractivity (Wildman–Crippen MR) is 57.2 cm³/mol. The van der Waals surface area contributed by atoms with Crippen LogP contribution in [0.2, 0.25) is 0 Å². The summed E-state index contributed by atoms with van der Waals surface area (Å²) in [7, 11) is 0. The summed E-state index contributed by atoms with van der Waals surface area (Å²) < 4.78 is 0. The van der Waals surface area contributed by atoms with E-state index < -0.39 is 0 Å². The van der Waals surface area contributed by atoms with E-state index in [-0.39, 0.29) is 12.5 Å². The first-order valence-electron chi connectivity index (χ1n) is 4.67. The van der Waals surface area contributed by atoms with Crippen molar-refractivity contribution in [2.45, 2.75) is 6.42 Å².